The van der Waals surface area contributed by atoms with Gasteiger partial charge in [-0.1, -0.05) is 58.4 Å². The Hall–Kier alpha value is -2.04. The van der Waals surface area contributed by atoms with E-state index in [0.29, 0.717) is 29.7 Å². The molecule has 0 saturated heterocycles. The number of hydrogen-bond acceptors (Lipinski definition) is 4. The average Bonchev–Trinajstić information content (AvgIpc) is 2.69. The maximum absolute atomic E-state index is 10.8. The second-order valence-electron chi connectivity index (χ2n) is 9.47. The molecule has 0 saturated carbocycles. The van der Waals surface area contributed by atoms with Crippen molar-refractivity contribution in [2.45, 2.75) is 97.7 Å². The molecule has 4 N–H and O–H groups in total. The zero-order valence-electron chi connectivity index (χ0n) is 20.0. The van der Waals surface area contributed by atoms with Crippen LogP contribution in [-0.4, -0.2) is 32.6 Å². The van der Waals surface area contributed by atoms with E-state index >= 15 is 0 Å². The highest BCUT2D eigenvalue weighted by atomic mass is 16.3. The maximum Gasteiger partial charge on any atom is 0.122 e. The van der Waals surface area contributed by atoms with Crippen LogP contribution in [0.3, 0.4) is 0 Å². The van der Waals surface area contributed by atoms with Gasteiger partial charge in [-0.2, -0.15) is 0 Å². The van der Waals surface area contributed by atoms with Crippen LogP contribution in [-0.2, 0) is 31.1 Å². The topological polar surface area (TPSA) is 80.9 Å². The van der Waals surface area contributed by atoms with Gasteiger partial charge in [-0.3, -0.25) is 0 Å². The Bertz CT molecular complexity index is 850. The Balaban J connectivity index is 2.65. The predicted molar refractivity (Wildman–Crippen MR) is 127 cm³/mol. The Labute approximate surface area is 187 Å². The summed E-state index contributed by atoms with van der Waals surface area (Å²) >= 11 is 0. The van der Waals surface area contributed by atoms with Gasteiger partial charge in [0.15, 0.2) is 0 Å². The third kappa shape index (κ3) is 6.02. The summed E-state index contributed by atoms with van der Waals surface area (Å²) in [6.45, 7) is 11.9. The largest absolute Gasteiger partial charge is 0.507 e. The van der Waals surface area contributed by atoms with E-state index in [1.54, 1.807) is 13.8 Å². The first-order valence-electron chi connectivity index (χ1n) is 11.6. The van der Waals surface area contributed by atoms with Crippen molar-refractivity contribution >= 4 is 0 Å². The third-order valence-electron chi connectivity index (χ3n) is 6.19. The van der Waals surface area contributed by atoms with Crippen LogP contribution in [0.5, 0.6) is 11.5 Å². The normalized spacial score (nSPS) is 13.9. The zero-order valence-corrected chi connectivity index (χ0v) is 20.0. The first-order valence-corrected chi connectivity index (χ1v) is 11.6. The molecule has 2 unspecified atom stereocenters. The van der Waals surface area contributed by atoms with E-state index in [-0.39, 0.29) is 11.2 Å². The summed E-state index contributed by atoms with van der Waals surface area (Å²) in [5.41, 5.74) is 5.07. The lowest BCUT2D eigenvalue weighted by atomic mass is 9.75. The van der Waals surface area contributed by atoms with Gasteiger partial charge in [0, 0.05) is 18.3 Å². The summed E-state index contributed by atoms with van der Waals surface area (Å²) < 4.78 is 0. The van der Waals surface area contributed by atoms with Crippen molar-refractivity contribution in [1.29, 1.82) is 0 Å². The highest BCUT2D eigenvalue weighted by Crippen LogP contribution is 2.39. The van der Waals surface area contributed by atoms with Crippen LogP contribution in [0.4, 0.5) is 0 Å². The van der Waals surface area contributed by atoms with Gasteiger partial charge in [0.25, 0.3) is 0 Å². The molecular formula is C27H40O4. The molecule has 0 aliphatic heterocycles. The molecule has 0 radical (unpaired) electrons. The first kappa shape index (κ1) is 25.2. The van der Waals surface area contributed by atoms with Crippen molar-refractivity contribution < 1.29 is 20.4 Å². The summed E-state index contributed by atoms with van der Waals surface area (Å²) in [5, 5.41) is 41.3. The molecule has 0 aliphatic rings. The van der Waals surface area contributed by atoms with Crippen LogP contribution in [0, 0.1) is 0 Å². The number of phenolic OH excluding ortho intramolecular Hbond substituents is 2. The quantitative estimate of drug-likeness (QED) is 0.421. The van der Waals surface area contributed by atoms with Gasteiger partial charge in [0.2, 0.25) is 0 Å². The monoisotopic (exact) mass is 428 g/mol. The van der Waals surface area contributed by atoms with Crippen LogP contribution in [0.2, 0.25) is 0 Å². The smallest absolute Gasteiger partial charge is 0.122 e. The fourth-order valence-electron chi connectivity index (χ4n) is 4.18. The number of aryl methyl sites for hydroxylation is 2. The molecule has 4 nitrogen and oxygen atoms in total. The van der Waals surface area contributed by atoms with E-state index in [4.69, 9.17) is 0 Å². The van der Waals surface area contributed by atoms with Crippen LogP contribution in [0.15, 0.2) is 24.3 Å². The van der Waals surface area contributed by atoms with E-state index in [1.165, 1.54) is 0 Å². The number of aliphatic hydroxyl groups is 2. The van der Waals surface area contributed by atoms with Crippen LogP contribution in [0.1, 0.15) is 87.8 Å². The maximum atomic E-state index is 10.8. The second kappa shape index (κ2) is 10.5. The summed E-state index contributed by atoms with van der Waals surface area (Å²) in [6, 6.07) is 8.13. The number of benzene rings is 2. The van der Waals surface area contributed by atoms with Gasteiger partial charge in [-0.15, -0.1) is 0 Å². The van der Waals surface area contributed by atoms with Crippen molar-refractivity contribution in [3.8, 4) is 11.5 Å². The lowest BCUT2D eigenvalue weighted by Crippen LogP contribution is -2.21. The number of unbranched alkanes of at least 4 members (excludes halogenated alkanes) is 1. The van der Waals surface area contributed by atoms with E-state index in [2.05, 4.69) is 39.8 Å². The van der Waals surface area contributed by atoms with Gasteiger partial charge in [0.05, 0.1) is 12.2 Å². The molecule has 0 spiro atoms. The minimum atomic E-state index is -0.579. The predicted octanol–water partition coefficient (Wildman–Crippen LogP) is 5.18. The molecule has 2 aromatic rings. The molecule has 2 aromatic carbocycles. The minimum absolute atomic E-state index is 0.157. The highest BCUT2D eigenvalue weighted by Gasteiger charge is 2.28. The van der Waals surface area contributed by atoms with Gasteiger partial charge in [0.1, 0.15) is 11.5 Å². The van der Waals surface area contributed by atoms with E-state index in [9.17, 15) is 20.4 Å². The number of aromatic hydroxyl groups is 2. The highest BCUT2D eigenvalue weighted by molar-refractivity contribution is 5.52. The van der Waals surface area contributed by atoms with E-state index < -0.39 is 12.2 Å². The molecule has 2 rings (SSSR count). The van der Waals surface area contributed by atoms with Crippen molar-refractivity contribution in [2.75, 3.05) is 0 Å². The lowest BCUT2D eigenvalue weighted by molar-refractivity contribution is 0.191. The number of phenols is 2. The standard InChI is InChI=1S/C27H40O4/c1-7-9-10-20-14-23(13-19(8-2)25(20)30)27(5,6)24-15-21(11-17(3)28)26(31)22(16-24)12-18(4)29/h13-18,28-31H,7-12H2,1-6H3. The average molecular weight is 429 g/mol. The molecule has 2 atom stereocenters. The molecule has 0 bridgehead atoms. The Morgan fingerprint density at radius 2 is 1.16 bits per heavy atom. The number of rotatable bonds is 10. The zero-order chi connectivity index (χ0) is 23.3. The summed E-state index contributed by atoms with van der Waals surface area (Å²) in [6.07, 6.45) is 3.23. The van der Waals surface area contributed by atoms with Crippen molar-refractivity contribution in [2.24, 2.45) is 0 Å². The molecule has 4 heteroatoms. The van der Waals surface area contributed by atoms with E-state index in [1.807, 2.05) is 12.1 Å². The van der Waals surface area contributed by atoms with Crippen LogP contribution in [0.25, 0.3) is 0 Å². The molecule has 31 heavy (non-hydrogen) atoms. The number of aliphatic hydroxyl groups excluding tert-OH is 2. The Morgan fingerprint density at radius 3 is 1.58 bits per heavy atom. The van der Waals surface area contributed by atoms with Crippen molar-refractivity contribution in [1.82, 2.24) is 0 Å². The lowest BCUT2D eigenvalue weighted by Gasteiger charge is -2.30. The second-order valence-corrected chi connectivity index (χ2v) is 9.47. The minimum Gasteiger partial charge on any atom is -0.507 e. The van der Waals surface area contributed by atoms with Crippen molar-refractivity contribution in [3.63, 3.8) is 0 Å². The molecule has 0 aliphatic carbocycles. The van der Waals surface area contributed by atoms with E-state index in [0.717, 1.165) is 47.9 Å². The molecule has 172 valence electrons. The van der Waals surface area contributed by atoms with Gasteiger partial charge in [-0.05, 0) is 66.5 Å². The summed E-state index contributed by atoms with van der Waals surface area (Å²) in [4.78, 5) is 0. The molecular weight excluding hydrogens is 388 g/mol. The molecule has 0 heterocycles. The van der Waals surface area contributed by atoms with Crippen LogP contribution >= 0.6 is 0 Å². The number of hydrogen-bond donors (Lipinski definition) is 4. The third-order valence-corrected chi connectivity index (χ3v) is 6.19. The fraction of sp³-hybridized carbons (Fsp3) is 0.556. The van der Waals surface area contributed by atoms with Crippen LogP contribution < -0.4 is 0 Å². The van der Waals surface area contributed by atoms with Crippen molar-refractivity contribution in [3.05, 3.63) is 57.6 Å². The molecule has 0 amide bonds. The van der Waals surface area contributed by atoms with Gasteiger partial charge >= 0.3 is 0 Å². The molecule has 0 fully saturated rings. The molecule has 0 aromatic heterocycles. The SMILES string of the molecule is CCCCc1cc(C(C)(C)c2cc(CC(C)O)c(O)c(CC(C)O)c2)cc(CC)c1O. The van der Waals surface area contributed by atoms with Gasteiger partial charge in [-0.25, -0.2) is 0 Å². The van der Waals surface area contributed by atoms with Gasteiger partial charge < -0.3 is 20.4 Å². The summed E-state index contributed by atoms with van der Waals surface area (Å²) in [7, 11) is 0. The fourth-order valence-corrected chi connectivity index (χ4v) is 4.18. The Morgan fingerprint density at radius 1 is 0.742 bits per heavy atom. The first-order chi connectivity index (χ1) is 14.5. The Kier molecular flexibility index (Phi) is 8.56. The summed E-state index contributed by atoms with van der Waals surface area (Å²) in [5.74, 6) is 0.565.